The van der Waals surface area contributed by atoms with E-state index in [0.717, 1.165) is 76.2 Å². The molecule has 1 fully saturated rings. The van der Waals surface area contributed by atoms with Crippen LogP contribution in [0.25, 0.3) is 0 Å². The summed E-state index contributed by atoms with van der Waals surface area (Å²) in [6.45, 7) is 9.65. The number of guanidine groups is 1. The van der Waals surface area contributed by atoms with E-state index < -0.39 is 0 Å². The summed E-state index contributed by atoms with van der Waals surface area (Å²) in [5.41, 5.74) is 0. The Kier molecular flexibility index (Phi) is 11.3. The molecule has 1 aromatic carbocycles. The molecule has 0 amide bonds. The summed E-state index contributed by atoms with van der Waals surface area (Å²) in [5, 5.41) is 6.63. The van der Waals surface area contributed by atoms with Crippen LogP contribution >= 0.6 is 0 Å². The molecule has 7 heteroatoms. The highest BCUT2D eigenvalue weighted by Gasteiger charge is 2.13. The largest absolute Gasteiger partial charge is 0.497 e. The molecule has 29 heavy (non-hydrogen) atoms. The number of nitrogens with zero attached hydrogens (tertiary/aromatic N) is 1. The number of nitrogens with one attached hydrogen (secondary N) is 2. The van der Waals surface area contributed by atoms with E-state index in [9.17, 15) is 0 Å². The molecule has 1 atom stereocenters. The molecule has 1 heterocycles. The zero-order valence-corrected chi connectivity index (χ0v) is 18.1. The molecule has 2 rings (SSSR count). The van der Waals surface area contributed by atoms with Crippen molar-refractivity contribution < 1.29 is 18.9 Å². The van der Waals surface area contributed by atoms with Crippen LogP contribution in [-0.4, -0.2) is 65.2 Å². The predicted octanol–water partition coefficient (Wildman–Crippen LogP) is 2.85. The predicted molar refractivity (Wildman–Crippen MR) is 116 cm³/mol. The van der Waals surface area contributed by atoms with Crippen LogP contribution in [0.15, 0.2) is 29.3 Å². The highest BCUT2D eigenvalue weighted by molar-refractivity contribution is 5.79. The quantitative estimate of drug-likeness (QED) is 0.315. The maximum Gasteiger partial charge on any atom is 0.191 e. The van der Waals surface area contributed by atoms with Crippen LogP contribution in [0.5, 0.6) is 11.5 Å². The van der Waals surface area contributed by atoms with Crippen LogP contribution in [0.4, 0.5) is 0 Å². The van der Waals surface area contributed by atoms with E-state index in [0.29, 0.717) is 12.5 Å². The third kappa shape index (κ3) is 9.85. The monoisotopic (exact) mass is 407 g/mol. The van der Waals surface area contributed by atoms with Gasteiger partial charge in [-0.2, -0.15) is 0 Å². The molecule has 1 unspecified atom stereocenters. The van der Waals surface area contributed by atoms with Crippen LogP contribution in [0.3, 0.4) is 0 Å². The highest BCUT2D eigenvalue weighted by atomic mass is 16.5. The minimum absolute atomic E-state index is 0.0262. The lowest BCUT2D eigenvalue weighted by molar-refractivity contribution is 0.0203. The van der Waals surface area contributed by atoms with Gasteiger partial charge in [-0.05, 0) is 63.3 Å². The molecule has 1 aliphatic rings. The Bertz CT molecular complexity index is 574. The number of ether oxygens (including phenoxy) is 4. The van der Waals surface area contributed by atoms with Crippen molar-refractivity contribution in [2.75, 3.05) is 53.2 Å². The number of hydrogen-bond donors (Lipinski definition) is 2. The smallest absolute Gasteiger partial charge is 0.191 e. The van der Waals surface area contributed by atoms with Gasteiger partial charge in [-0.1, -0.05) is 0 Å². The Morgan fingerprint density at radius 2 is 1.90 bits per heavy atom. The standard InChI is InChI=1S/C22H37N3O4/c1-4-23-22(24-12-5-13-28-17-19-10-14-27-15-11-19)25-16-18(2)29-21-8-6-20(26-3)7-9-21/h6-9,18-19H,4-5,10-17H2,1-3H3,(H2,23,24,25). The molecule has 1 aliphatic heterocycles. The normalized spacial score (nSPS) is 16.3. The zero-order chi connectivity index (χ0) is 20.7. The van der Waals surface area contributed by atoms with Crippen molar-refractivity contribution in [1.82, 2.24) is 10.6 Å². The van der Waals surface area contributed by atoms with E-state index in [2.05, 4.69) is 22.5 Å². The van der Waals surface area contributed by atoms with Crippen LogP contribution < -0.4 is 20.1 Å². The van der Waals surface area contributed by atoms with Gasteiger partial charge < -0.3 is 29.6 Å². The fourth-order valence-corrected chi connectivity index (χ4v) is 3.03. The second-order valence-corrected chi connectivity index (χ2v) is 7.23. The van der Waals surface area contributed by atoms with E-state index in [1.807, 2.05) is 31.2 Å². The molecule has 0 aromatic heterocycles. The zero-order valence-electron chi connectivity index (χ0n) is 18.1. The van der Waals surface area contributed by atoms with Crippen molar-refractivity contribution in [2.24, 2.45) is 10.9 Å². The minimum atomic E-state index is -0.0262. The van der Waals surface area contributed by atoms with Crippen LogP contribution in [0.1, 0.15) is 33.1 Å². The van der Waals surface area contributed by atoms with Crippen LogP contribution in [-0.2, 0) is 9.47 Å². The first-order valence-electron chi connectivity index (χ1n) is 10.7. The average molecular weight is 408 g/mol. The summed E-state index contributed by atoms with van der Waals surface area (Å²) in [5.74, 6) is 3.09. The number of methoxy groups -OCH3 is 1. The van der Waals surface area contributed by atoms with E-state index in [-0.39, 0.29) is 6.10 Å². The average Bonchev–Trinajstić information content (AvgIpc) is 2.75. The summed E-state index contributed by atoms with van der Waals surface area (Å²) in [6, 6.07) is 7.59. The molecular formula is C22H37N3O4. The fraction of sp³-hybridized carbons (Fsp3) is 0.682. The lowest BCUT2D eigenvalue weighted by atomic mass is 10.0. The molecule has 0 bridgehead atoms. The SMILES string of the molecule is CCNC(=NCC(C)Oc1ccc(OC)cc1)NCCCOCC1CCOCC1. The van der Waals surface area contributed by atoms with E-state index in [4.69, 9.17) is 18.9 Å². The van der Waals surface area contributed by atoms with Gasteiger partial charge in [0.2, 0.25) is 0 Å². The van der Waals surface area contributed by atoms with Crippen molar-refractivity contribution in [3.05, 3.63) is 24.3 Å². The number of benzene rings is 1. The Labute approximate surface area is 175 Å². The van der Waals surface area contributed by atoms with Gasteiger partial charge >= 0.3 is 0 Å². The van der Waals surface area contributed by atoms with Crippen molar-refractivity contribution >= 4 is 5.96 Å². The lowest BCUT2D eigenvalue weighted by Gasteiger charge is -2.21. The van der Waals surface area contributed by atoms with E-state index in [1.165, 1.54) is 0 Å². The maximum absolute atomic E-state index is 5.91. The van der Waals surface area contributed by atoms with Gasteiger partial charge in [0.1, 0.15) is 17.6 Å². The second-order valence-electron chi connectivity index (χ2n) is 7.23. The molecular weight excluding hydrogens is 370 g/mol. The van der Waals surface area contributed by atoms with E-state index in [1.54, 1.807) is 7.11 Å². The van der Waals surface area contributed by atoms with Crippen molar-refractivity contribution in [3.63, 3.8) is 0 Å². The number of aliphatic imine (C=N–C) groups is 1. The van der Waals surface area contributed by atoms with Gasteiger partial charge in [0.15, 0.2) is 5.96 Å². The van der Waals surface area contributed by atoms with Gasteiger partial charge in [-0.15, -0.1) is 0 Å². The van der Waals surface area contributed by atoms with Crippen molar-refractivity contribution in [2.45, 2.75) is 39.2 Å². The van der Waals surface area contributed by atoms with Gasteiger partial charge in [-0.25, -0.2) is 4.99 Å². The Morgan fingerprint density at radius 3 is 2.59 bits per heavy atom. The minimum Gasteiger partial charge on any atom is -0.497 e. The first-order valence-corrected chi connectivity index (χ1v) is 10.7. The molecule has 0 aliphatic carbocycles. The Morgan fingerprint density at radius 1 is 1.17 bits per heavy atom. The summed E-state index contributed by atoms with van der Waals surface area (Å²) in [4.78, 5) is 4.62. The molecule has 164 valence electrons. The summed E-state index contributed by atoms with van der Waals surface area (Å²) < 4.78 is 22.3. The van der Waals surface area contributed by atoms with Crippen LogP contribution in [0, 0.1) is 5.92 Å². The third-order valence-electron chi connectivity index (χ3n) is 4.70. The van der Waals surface area contributed by atoms with Gasteiger partial charge in [0, 0.05) is 39.5 Å². The molecule has 2 N–H and O–H groups in total. The highest BCUT2D eigenvalue weighted by Crippen LogP contribution is 2.18. The third-order valence-corrected chi connectivity index (χ3v) is 4.70. The van der Waals surface area contributed by atoms with E-state index >= 15 is 0 Å². The summed E-state index contributed by atoms with van der Waals surface area (Å²) in [6.07, 6.45) is 3.16. The van der Waals surface area contributed by atoms with Crippen LogP contribution in [0.2, 0.25) is 0 Å². The molecule has 0 saturated carbocycles. The molecule has 0 radical (unpaired) electrons. The molecule has 1 saturated heterocycles. The lowest BCUT2D eigenvalue weighted by Crippen LogP contribution is -2.38. The molecule has 0 spiro atoms. The Balaban J connectivity index is 1.62. The molecule has 1 aromatic rings. The second kappa shape index (κ2) is 14.1. The maximum atomic E-state index is 5.91. The topological polar surface area (TPSA) is 73.3 Å². The number of rotatable bonds is 12. The summed E-state index contributed by atoms with van der Waals surface area (Å²) >= 11 is 0. The fourth-order valence-electron chi connectivity index (χ4n) is 3.03. The first kappa shape index (κ1) is 23.3. The van der Waals surface area contributed by atoms with Gasteiger partial charge in [-0.3, -0.25) is 0 Å². The molecule has 7 nitrogen and oxygen atoms in total. The van der Waals surface area contributed by atoms with Crippen molar-refractivity contribution in [3.8, 4) is 11.5 Å². The van der Waals surface area contributed by atoms with Gasteiger partial charge in [0.25, 0.3) is 0 Å². The van der Waals surface area contributed by atoms with Crippen molar-refractivity contribution in [1.29, 1.82) is 0 Å². The number of hydrogen-bond acceptors (Lipinski definition) is 5. The Hall–Kier alpha value is -1.99. The van der Waals surface area contributed by atoms with Gasteiger partial charge in [0.05, 0.1) is 13.7 Å². The summed E-state index contributed by atoms with van der Waals surface area (Å²) in [7, 11) is 1.65. The first-order chi connectivity index (χ1) is 14.2.